The van der Waals surface area contributed by atoms with Crippen molar-refractivity contribution in [2.24, 2.45) is 7.05 Å². The first-order chi connectivity index (χ1) is 7.63. The van der Waals surface area contributed by atoms with Crippen molar-refractivity contribution in [3.05, 3.63) is 29.6 Å². The Kier molecular flexibility index (Phi) is 2.64. The van der Waals surface area contributed by atoms with Crippen LogP contribution in [0.4, 0.5) is 5.82 Å². The minimum Gasteiger partial charge on any atom is -0.384 e. The topological polar surface area (TPSA) is 56.7 Å². The smallest absolute Gasteiger partial charge is 0.125 e. The number of hydrogen-bond donors (Lipinski definition) is 1. The number of hydrogen-bond acceptors (Lipinski definition) is 3. The van der Waals surface area contributed by atoms with Crippen LogP contribution in [0, 0.1) is 6.92 Å². The standard InChI is InChI=1S/C12H16N4/c1-4-10-11(15-16(3)12(10)13)9-5-6-14-8(2)7-9/h5-7H,4,13H2,1-3H3. The molecule has 2 aromatic rings. The van der Waals surface area contributed by atoms with Gasteiger partial charge in [0.15, 0.2) is 0 Å². The summed E-state index contributed by atoms with van der Waals surface area (Å²) in [6.45, 7) is 4.06. The third-order valence-electron chi connectivity index (χ3n) is 2.72. The highest BCUT2D eigenvalue weighted by molar-refractivity contribution is 5.68. The van der Waals surface area contributed by atoms with Crippen molar-refractivity contribution in [2.45, 2.75) is 20.3 Å². The second-order valence-corrected chi connectivity index (χ2v) is 3.88. The van der Waals surface area contributed by atoms with Gasteiger partial charge in [-0.05, 0) is 25.5 Å². The average Bonchev–Trinajstić information content (AvgIpc) is 2.55. The molecule has 0 spiro atoms. The fourth-order valence-corrected chi connectivity index (χ4v) is 1.85. The third kappa shape index (κ3) is 1.66. The molecule has 84 valence electrons. The van der Waals surface area contributed by atoms with Gasteiger partial charge in [0.25, 0.3) is 0 Å². The SMILES string of the molecule is CCc1c(-c2ccnc(C)c2)nn(C)c1N. The molecule has 0 aliphatic carbocycles. The first-order valence-corrected chi connectivity index (χ1v) is 5.37. The van der Waals surface area contributed by atoms with Crippen LogP contribution in [0.15, 0.2) is 18.3 Å². The quantitative estimate of drug-likeness (QED) is 0.834. The van der Waals surface area contributed by atoms with Crippen molar-refractivity contribution < 1.29 is 0 Å². The van der Waals surface area contributed by atoms with Gasteiger partial charge in [0.1, 0.15) is 5.82 Å². The molecule has 0 aliphatic rings. The van der Waals surface area contributed by atoms with E-state index >= 15 is 0 Å². The molecular weight excluding hydrogens is 200 g/mol. The lowest BCUT2D eigenvalue weighted by Crippen LogP contribution is -1.98. The lowest BCUT2D eigenvalue weighted by atomic mass is 10.1. The summed E-state index contributed by atoms with van der Waals surface area (Å²) in [6.07, 6.45) is 2.69. The van der Waals surface area contributed by atoms with Crippen molar-refractivity contribution in [2.75, 3.05) is 5.73 Å². The minimum atomic E-state index is 0.743. The Morgan fingerprint density at radius 3 is 2.81 bits per heavy atom. The molecule has 2 rings (SSSR count). The van der Waals surface area contributed by atoms with Crippen LogP contribution >= 0.6 is 0 Å². The van der Waals surface area contributed by atoms with E-state index in [2.05, 4.69) is 17.0 Å². The molecule has 0 amide bonds. The fraction of sp³-hybridized carbons (Fsp3) is 0.333. The highest BCUT2D eigenvalue weighted by Crippen LogP contribution is 2.26. The molecule has 0 saturated carbocycles. The number of nitrogen functional groups attached to an aromatic ring is 1. The second kappa shape index (κ2) is 3.96. The Bertz CT molecular complexity index is 514. The maximum atomic E-state index is 5.97. The molecule has 0 bridgehead atoms. The Morgan fingerprint density at radius 1 is 1.44 bits per heavy atom. The van der Waals surface area contributed by atoms with Gasteiger partial charge in [-0.1, -0.05) is 6.92 Å². The maximum Gasteiger partial charge on any atom is 0.125 e. The van der Waals surface area contributed by atoms with E-state index in [9.17, 15) is 0 Å². The molecule has 0 radical (unpaired) electrons. The monoisotopic (exact) mass is 216 g/mol. The van der Waals surface area contributed by atoms with Gasteiger partial charge in [-0.2, -0.15) is 5.10 Å². The van der Waals surface area contributed by atoms with Gasteiger partial charge in [-0.25, -0.2) is 0 Å². The van der Waals surface area contributed by atoms with E-state index in [1.165, 1.54) is 0 Å². The summed E-state index contributed by atoms with van der Waals surface area (Å²) in [4.78, 5) is 4.18. The Balaban J connectivity index is 2.60. The van der Waals surface area contributed by atoms with Crippen LogP contribution in [0.25, 0.3) is 11.3 Å². The molecular formula is C12H16N4. The second-order valence-electron chi connectivity index (χ2n) is 3.88. The van der Waals surface area contributed by atoms with E-state index in [0.29, 0.717) is 0 Å². The van der Waals surface area contributed by atoms with Gasteiger partial charge in [0, 0.05) is 30.1 Å². The zero-order valence-corrected chi connectivity index (χ0v) is 9.86. The van der Waals surface area contributed by atoms with Crippen molar-refractivity contribution in [3.8, 4) is 11.3 Å². The van der Waals surface area contributed by atoms with Crippen LogP contribution in [-0.4, -0.2) is 14.8 Å². The largest absolute Gasteiger partial charge is 0.384 e. The van der Waals surface area contributed by atoms with E-state index in [1.807, 2.05) is 26.1 Å². The van der Waals surface area contributed by atoms with Crippen LogP contribution in [0.3, 0.4) is 0 Å². The van der Waals surface area contributed by atoms with Crippen LogP contribution in [0.2, 0.25) is 0 Å². The van der Waals surface area contributed by atoms with Gasteiger partial charge >= 0.3 is 0 Å². The fourth-order valence-electron chi connectivity index (χ4n) is 1.85. The molecule has 0 saturated heterocycles. The molecule has 0 unspecified atom stereocenters. The molecule has 2 N–H and O–H groups in total. The van der Waals surface area contributed by atoms with Crippen LogP contribution in [-0.2, 0) is 13.5 Å². The van der Waals surface area contributed by atoms with Crippen LogP contribution in [0.1, 0.15) is 18.2 Å². The predicted octanol–water partition coefficient (Wildman–Crippen LogP) is 1.94. The summed E-state index contributed by atoms with van der Waals surface area (Å²) in [5, 5.41) is 4.46. The van der Waals surface area contributed by atoms with E-state index < -0.39 is 0 Å². The van der Waals surface area contributed by atoms with E-state index in [4.69, 9.17) is 5.73 Å². The molecule has 2 heterocycles. The zero-order valence-electron chi connectivity index (χ0n) is 9.86. The molecule has 0 aromatic carbocycles. The van der Waals surface area contributed by atoms with Gasteiger partial charge in [-0.15, -0.1) is 0 Å². The zero-order chi connectivity index (χ0) is 11.7. The van der Waals surface area contributed by atoms with E-state index in [0.717, 1.165) is 34.8 Å². The van der Waals surface area contributed by atoms with Gasteiger partial charge < -0.3 is 5.73 Å². The van der Waals surface area contributed by atoms with Gasteiger partial charge in [0.05, 0.1) is 5.69 Å². The van der Waals surface area contributed by atoms with Gasteiger partial charge in [-0.3, -0.25) is 9.67 Å². The molecule has 4 heteroatoms. The first kappa shape index (κ1) is 10.7. The third-order valence-corrected chi connectivity index (χ3v) is 2.72. The van der Waals surface area contributed by atoms with Crippen LogP contribution < -0.4 is 5.73 Å². The number of anilines is 1. The first-order valence-electron chi connectivity index (χ1n) is 5.37. The van der Waals surface area contributed by atoms with E-state index in [-0.39, 0.29) is 0 Å². The van der Waals surface area contributed by atoms with Gasteiger partial charge in [0.2, 0.25) is 0 Å². The summed E-state index contributed by atoms with van der Waals surface area (Å²) >= 11 is 0. The van der Waals surface area contributed by atoms with Crippen molar-refractivity contribution >= 4 is 5.82 Å². The van der Waals surface area contributed by atoms with Crippen molar-refractivity contribution in [1.29, 1.82) is 0 Å². The minimum absolute atomic E-state index is 0.743. The lowest BCUT2D eigenvalue weighted by molar-refractivity contribution is 0.781. The number of nitrogens with two attached hydrogens (primary N) is 1. The number of pyridine rings is 1. The molecule has 0 atom stereocenters. The summed E-state index contributed by atoms with van der Waals surface area (Å²) < 4.78 is 1.73. The number of aromatic nitrogens is 3. The number of rotatable bonds is 2. The van der Waals surface area contributed by atoms with Crippen molar-refractivity contribution in [3.63, 3.8) is 0 Å². The molecule has 16 heavy (non-hydrogen) atoms. The van der Waals surface area contributed by atoms with E-state index in [1.54, 1.807) is 10.9 Å². The predicted molar refractivity (Wildman–Crippen MR) is 65.0 cm³/mol. The van der Waals surface area contributed by atoms with Crippen molar-refractivity contribution in [1.82, 2.24) is 14.8 Å². The highest BCUT2D eigenvalue weighted by atomic mass is 15.3. The summed E-state index contributed by atoms with van der Waals surface area (Å²) in [5.74, 6) is 0.743. The average molecular weight is 216 g/mol. The molecule has 0 fully saturated rings. The maximum absolute atomic E-state index is 5.97. The van der Waals surface area contributed by atoms with Crippen LogP contribution in [0.5, 0.6) is 0 Å². The summed E-state index contributed by atoms with van der Waals surface area (Å²) in [7, 11) is 1.87. The normalized spacial score (nSPS) is 10.7. The molecule has 2 aromatic heterocycles. The lowest BCUT2D eigenvalue weighted by Gasteiger charge is -2.01. The molecule has 0 aliphatic heterocycles. The Morgan fingerprint density at radius 2 is 2.19 bits per heavy atom. The Labute approximate surface area is 95.1 Å². The summed E-state index contributed by atoms with van der Waals surface area (Å²) in [5.41, 5.74) is 10.1. The summed E-state index contributed by atoms with van der Waals surface area (Å²) in [6, 6.07) is 3.99. The highest BCUT2D eigenvalue weighted by Gasteiger charge is 2.13. The molecule has 4 nitrogen and oxygen atoms in total. The Hall–Kier alpha value is -1.84. The number of nitrogens with zero attached hydrogens (tertiary/aromatic N) is 3. The number of aryl methyl sites for hydroxylation is 2.